The van der Waals surface area contributed by atoms with Gasteiger partial charge in [0.1, 0.15) is 6.61 Å². The van der Waals surface area contributed by atoms with Gasteiger partial charge in [-0.1, -0.05) is 13.3 Å². The van der Waals surface area contributed by atoms with Crippen molar-refractivity contribution in [2.24, 2.45) is 0 Å². The molecule has 0 saturated carbocycles. The molecule has 21 heavy (non-hydrogen) atoms. The molecule has 0 atom stereocenters. The van der Waals surface area contributed by atoms with Crippen molar-refractivity contribution in [2.75, 3.05) is 46.6 Å². The van der Waals surface area contributed by atoms with E-state index in [0.717, 1.165) is 25.9 Å². The van der Waals surface area contributed by atoms with Crippen molar-refractivity contribution in [2.45, 2.75) is 39.5 Å². The number of nitrogens with zero attached hydrogens (tertiary/aromatic N) is 1. The van der Waals surface area contributed by atoms with Crippen LogP contribution >= 0.6 is 0 Å². The molecule has 0 radical (unpaired) electrons. The van der Waals surface area contributed by atoms with Crippen molar-refractivity contribution >= 4 is 11.9 Å². The van der Waals surface area contributed by atoms with Crippen molar-refractivity contribution in [1.29, 1.82) is 0 Å². The topological polar surface area (TPSA) is 65.1 Å². The molecule has 6 nitrogen and oxygen atoms in total. The molecule has 0 saturated heterocycles. The molecular formula is C15H29NO5. The Morgan fingerprint density at radius 1 is 1.05 bits per heavy atom. The molecule has 0 aliphatic carbocycles. The van der Waals surface area contributed by atoms with Crippen LogP contribution in [0.25, 0.3) is 0 Å². The molecule has 0 bridgehead atoms. The van der Waals surface area contributed by atoms with Crippen LogP contribution in [0.3, 0.4) is 0 Å². The Kier molecular flexibility index (Phi) is 13.1. The molecule has 124 valence electrons. The maximum atomic E-state index is 11.9. The summed E-state index contributed by atoms with van der Waals surface area (Å²) in [6, 6.07) is 0. The molecule has 6 heteroatoms. The van der Waals surface area contributed by atoms with Gasteiger partial charge in [0.15, 0.2) is 0 Å². The van der Waals surface area contributed by atoms with Gasteiger partial charge in [-0.3, -0.25) is 9.59 Å². The highest BCUT2D eigenvalue weighted by molar-refractivity contribution is 5.78. The van der Waals surface area contributed by atoms with Gasteiger partial charge in [-0.05, 0) is 19.8 Å². The van der Waals surface area contributed by atoms with Crippen LogP contribution in [0.5, 0.6) is 0 Å². The zero-order valence-electron chi connectivity index (χ0n) is 13.6. The van der Waals surface area contributed by atoms with Crippen molar-refractivity contribution in [3.05, 3.63) is 0 Å². The van der Waals surface area contributed by atoms with E-state index in [1.807, 2.05) is 0 Å². The average molecular weight is 303 g/mol. The zero-order valence-corrected chi connectivity index (χ0v) is 13.6. The molecule has 0 N–H and O–H groups in total. The molecule has 0 heterocycles. The number of carbonyl (C=O) groups is 2. The lowest BCUT2D eigenvalue weighted by Gasteiger charge is -2.22. The first-order valence-electron chi connectivity index (χ1n) is 7.65. The third kappa shape index (κ3) is 11.2. The van der Waals surface area contributed by atoms with Gasteiger partial charge in [0.2, 0.25) is 5.91 Å². The quantitative estimate of drug-likeness (QED) is 0.382. The molecule has 0 fully saturated rings. The number of rotatable bonds is 13. The van der Waals surface area contributed by atoms with Crippen LogP contribution in [0.2, 0.25) is 0 Å². The Morgan fingerprint density at radius 3 is 2.38 bits per heavy atom. The van der Waals surface area contributed by atoms with Gasteiger partial charge in [-0.15, -0.1) is 0 Å². The molecule has 0 spiro atoms. The lowest BCUT2D eigenvalue weighted by molar-refractivity contribution is -0.144. The highest BCUT2D eigenvalue weighted by atomic mass is 16.5. The molecule has 0 rings (SSSR count). The summed E-state index contributed by atoms with van der Waals surface area (Å²) in [4.78, 5) is 24.9. The Hall–Kier alpha value is -1.14. The van der Waals surface area contributed by atoms with Crippen LogP contribution in [-0.4, -0.2) is 63.4 Å². The third-order valence-electron chi connectivity index (χ3n) is 2.87. The van der Waals surface area contributed by atoms with E-state index < -0.39 is 0 Å². The highest BCUT2D eigenvalue weighted by Crippen LogP contribution is 1.99. The number of hydrogen-bond acceptors (Lipinski definition) is 5. The standard InChI is InChI=1S/C15H29NO5/c1-4-6-11-20-12-7-9-16(14(17)13-19-3)10-8-15(18)21-5-2/h4-13H2,1-3H3. The van der Waals surface area contributed by atoms with E-state index in [9.17, 15) is 9.59 Å². The van der Waals surface area contributed by atoms with Gasteiger partial charge in [0.05, 0.1) is 13.0 Å². The summed E-state index contributed by atoms with van der Waals surface area (Å²) >= 11 is 0. The summed E-state index contributed by atoms with van der Waals surface area (Å²) in [5, 5.41) is 0. The van der Waals surface area contributed by atoms with Gasteiger partial charge in [0.25, 0.3) is 0 Å². The van der Waals surface area contributed by atoms with Crippen LogP contribution in [0.15, 0.2) is 0 Å². The lowest BCUT2D eigenvalue weighted by atomic mass is 10.3. The minimum Gasteiger partial charge on any atom is -0.466 e. The van der Waals surface area contributed by atoms with Crippen molar-refractivity contribution < 1.29 is 23.8 Å². The molecule has 0 aliphatic rings. The van der Waals surface area contributed by atoms with Crippen molar-refractivity contribution in [3.8, 4) is 0 Å². The second kappa shape index (κ2) is 13.8. The first kappa shape index (κ1) is 19.9. The van der Waals surface area contributed by atoms with E-state index in [1.165, 1.54) is 7.11 Å². The van der Waals surface area contributed by atoms with E-state index in [1.54, 1.807) is 11.8 Å². The largest absolute Gasteiger partial charge is 0.466 e. The number of esters is 1. The average Bonchev–Trinajstić information content (AvgIpc) is 2.46. The maximum absolute atomic E-state index is 11.9. The fourth-order valence-corrected chi connectivity index (χ4v) is 1.74. The smallest absolute Gasteiger partial charge is 0.307 e. The van der Waals surface area contributed by atoms with Gasteiger partial charge in [-0.2, -0.15) is 0 Å². The third-order valence-corrected chi connectivity index (χ3v) is 2.87. The summed E-state index contributed by atoms with van der Waals surface area (Å²) in [6.07, 6.45) is 3.12. The predicted molar refractivity (Wildman–Crippen MR) is 80.1 cm³/mol. The molecule has 1 amide bonds. The van der Waals surface area contributed by atoms with E-state index in [2.05, 4.69) is 6.92 Å². The fraction of sp³-hybridized carbons (Fsp3) is 0.867. The van der Waals surface area contributed by atoms with Crippen LogP contribution < -0.4 is 0 Å². The Morgan fingerprint density at radius 2 is 1.76 bits per heavy atom. The Labute approximate surface area is 127 Å². The molecule has 0 aliphatic heterocycles. The normalized spacial score (nSPS) is 10.4. The molecule has 0 aromatic heterocycles. The number of amides is 1. The van der Waals surface area contributed by atoms with Gasteiger partial charge >= 0.3 is 5.97 Å². The van der Waals surface area contributed by atoms with E-state index in [-0.39, 0.29) is 24.9 Å². The Balaban J connectivity index is 4.02. The monoisotopic (exact) mass is 303 g/mol. The fourth-order valence-electron chi connectivity index (χ4n) is 1.74. The molecular weight excluding hydrogens is 274 g/mol. The van der Waals surface area contributed by atoms with Crippen LogP contribution in [0, 0.1) is 0 Å². The second-order valence-corrected chi connectivity index (χ2v) is 4.69. The summed E-state index contributed by atoms with van der Waals surface area (Å²) in [7, 11) is 1.48. The van der Waals surface area contributed by atoms with Gasteiger partial charge in [-0.25, -0.2) is 0 Å². The first-order valence-corrected chi connectivity index (χ1v) is 7.65. The van der Waals surface area contributed by atoms with E-state index >= 15 is 0 Å². The van der Waals surface area contributed by atoms with Crippen LogP contribution in [0.4, 0.5) is 0 Å². The zero-order chi connectivity index (χ0) is 15.9. The van der Waals surface area contributed by atoms with Crippen molar-refractivity contribution in [1.82, 2.24) is 4.90 Å². The van der Waals surface area contributed by atoms with Crippen LogP contribution in [0.1, 0.15) is 39.5 Å². The number of ether oxygens (including phenoxy) is 3. The highest BCUT2D eigenvalue weighted by Gasteiger charge is 2.14. The Bertz CT molecular complexity index is 283. The molecule has 0 aromatic carbocycles. The number of methoxy groups -OCH3 is 1. The summed E-state index contributed by atoms with van der Waals surface area (Å²) in [6.45, 7) is 6.56. The first-order chi connectivity index (χ1) is 10.2. The maximum Gasteiger partial charge on any atom is 0.307 e. The minimum atomic E-state index is -0.285. The summed E-state index contributed by atoms with van der Waals surface area (Å²) < 4.78 is 15.2. The predicted octanol–water partition coefficient (Wildman–Crippen LogP) is 1.62. The molecule has 0 unspecified atom stereocenters. The summed E-state index contributed by atoms with van der Waals surface area (Å²) in [5.74, 6) is -0.401. The SMILES string of the molecule is CCCCOCCCN(CCC(=O)OCC)C(=O)COC. The number of hydrogen-bond donors (Lipinski definition) is 0. The summed E-state index contributed by atoms with van der Waals surface area (Å²) in [5.41, 5.74) is 0. The number of carbonyl (C=O) groups excluding carboxylic acids is 2. The van der Waals surface area contributed by atoms with E-state index in [0.29, 0.717) is 26.3 Å². The molecule has 0 aromatic rings. The number of unbranched alkanes of at least 4 members (excludes halogenated alkanes) is 1. The lowest BCUT2D eigenvalue weighted by Crippen LogP contribution is -2.37. The van der Waals surface area contributed by atoms with Crippen LogP contribution in [-0.2, 0) is 23.8 Å². The van der Waals surface area contributed by atoms with Crippen molar-refractivity contribution in [3.63, 3.8) is 0 Å². The minimum absolute atomic E-state index is 0.0273. The second-order valence-electron chi connectivity index (χ2n) is 4.69. The van der Waals surface area contributed by atoms with Gasteiger partial charge < -0.3 is 19.1 Å². The van der Waals surface area contributed by atoms with Gasteiger partial charge in [0, 0.05) is 33.4 Å². The van der Waals surface area contributed by atoms with E-state index in [4.69, 9.17) is 14.2 Å².